The Morgan fingerprint density at radius 1 is 1.11 bits per heavy atom. The second-order valence-corrected chi connectivity index (χ2v) is 11.6. The monoisotopic (exact) mass is 530 g/mol. The molecule has 3 aromatic rings. The number of fused-ring (bicyclic) bond motifs is 1. The van der Waals surface area contributed by atoms with Crippen LogP contribution in [0.15, 0.2) is 18.2 Å². The van der Waals surface area contributed by atoms with Gasteiger partial charge in [-0.2, -0.15) is 9.97 Å². The van der Waals surface area contributed by atoms with Crippen molar-refractivity contribution in [2.24, 2.45) is 0 Å². The number of morpholine rings is 1. The molecule has 37 heavy (non-hydrogen) atoms. The van der Waals surface area contributed by atoms with E-state index in [1.807, 2.05) is 18.2 Å². The van der Waals surface area contributed by atoms with Crippen molar-refractivity contribution in [3.63, 3.8) is 0 Å². The fourth-order valence-electron chi connectivity index (χ4n) is 5.12. The van der Waals surface area contributed by atoms with Crippen molar-refractivity contribution < 1.29 is 17.9 Å². The van der Waals surface area contributed by atoms with E-state index in [1.54, 1.807) is 11.4 Å². The van der Waals surface area contributed by atoms with E-state index in [0.717, 1.165) is 56.8 Å². The average Bonchev–Trinajstić information content (AvgIpc) is 3.33. The Bertz CT molecular complexity index is 1350. The molecule has 2 fully saturated rings. The Labute approximate surface area is 216 Å². The molecule has 0 aliphatic carbocycles. The van der Waals surface area contributed by atoms with E-state index in [0.29, 0.717) is 42.2 Å². The maximum Gasteiger partial charge on any atom is 0.224 e. The zero-order chi connectivity index (χ0) is 26.0. The predicted octanol–water partition coefficient (Wildman–Crippen LogP) is 1.42. The molecule has 0 unspecified atom stereocenters. The van der Waals surface area contributed by atoms with Crippen molar-refractivity contribution in [2.75, 3.05) is 70.3 Å². The molecule has 4 heterocycles. The van der Waals surface area contributed by atoms with Gasteiger partial charge in [-0.25, -0.2) is 17.7 Å². The second kappa shape index (κ2) is 10.8. The van der Waals surface area contributed by atoms with Gasteiger partial charge in [-0.3, -0.25) is 4.90 Å². The standard InChI is InChI=1S/C24H34N8O4S/c1-35-19-15-17(3-4-18(19)22-27-20-21(25)28-24(26)30-23(20)29-22)16-5-8-32(9-6-16)37(33,34)14-2-7-31-10-12-36-13-11-31/h3-4,15-16H,2,5-14H2,1H3,(H5,25,26,27,28,29,30). The summed E-state index contributed by atoms with van der Waals surface area (Å²) >= 11 is 0. The van der Waals surface area contributed by atoms with Crippen molar-refractivity contribution in [1.29, 1.82) is 0 Å². The largest absolute Gasteiger partial charge is 0.496 e. The van der Waals surface area contributed by atoms with Gasteiger partial charge in [0.2, 0.25) is 16.0 Å². The Morgan fingerprint density at radius 2 is 1.86 bits per heavy atom. The van der Waals surface area contributed by atoms with Crippen LogP contribution in [0.1, 0.15) is 30.7 Å². The van der Waals surface area contributed by atoms with Crippen LogP contribution in [-0.4, -0.2) is 96.4 Å². The van der Waals surface area contributed by atoms with E-state index in [-0.39, 0.29) is 23.4 Å². The van der Waals surface area contributed by atoms with E-state index in [4.69, 9.17) is 20.9 Å². The van der Waals surface area contributed by atoms with Gasteiger partial charge in [0.1, 0.15) is 11.6 Å². The number of imidazole rings is 1. The van der Waals surface area contributed by atoms with Crippen molar-refractivity contribution in [2.45, 2.75) is 25.2 Å². The predicted molar refractivity (Wildman–Crippen MR) is 142 cm³/mol. The van der Waals surface area contributed by atoms with Gasteiger partial charge in [0.15, 0.2) is 17.0 Å². The number of hydrogen-bond donors (Lipinski definition) is 3. The van der Waals surface area contributed by atoms with Gasteiger partial charge in [-0.15, -0.1) is 0 Å². The lowest BCUT2D eigenvalue weighted by molar-refractivity contribution is 0.0380. The second-order valence-electron chi connectivity index (χ2n) is 9.51. The summed E-state index contributed by atoms with van der Waals surface area (Å²) in [4.78, 5) is 18.1. The number of nitrogens with one attached hydrogen (secondary N) is 1. The minimum Gasteiger partial charge on any atom is -0.496 e. The summed E-state index contributed by atoms with van der Waals surface area (Å²) in [5, 5.41) is 0. The van der Waals surface area contributed by atoms with Gasteiger partial charge < -0.3 is 25.9 Å². The molecule has 200 valence electrons. The number of aromatic nitrogens is 4. The molecule has 0 amide bonds. The summed E-state index contributed by atoms with van der Waals surface area (Å²) in [6.07, 6.45) is 2.18. The molecular formula is C24H34N8O4S. The van der Waals surface area contributed by atoms with Crippen LogP contribution in [0.3, 0.4) is 0 Å². The lowest BCUT2D eigenvalue weighted by Gasteiger charge is -2.32. The Morgan fingerprint density at radius 3 is 2.59 bits per heavy atom. The van der Waals surface area contributed by atoms with Gasteiger partial charge in [0, 0.05) is 26.2 Å². The highest BCUT2D eigenvalue weighted by atomic mass is 32.2. The maximum atomic E-state index is 12.9. The first kappa shape index (κ1) is 25.6. The summed E-state index contributed by atoms with van der Waals surface area (Å²) in [7, 11) is -1.64. The highest BCUT2D eigenvalue weighted by Crippen LogP contribution is 2.36. The Kier molecular flexibility index (Phi) is 7.47. The first-order chi connectivity index (χ1) is 17.8. The molecule has 5 rings (SSSR count). The summed E-state index contributed by atoms with van der Waals surface area (Å²) in [5.74, 6) is 1.95. The lowest BCUT2D eigenvalue weighted by Crippen LogP contribution is -2.41. The van der Waals surface area contributed by atoms with E-state index in [1.165, 1.54) is 0 Å². The number of nitrogen functional groups attached to an aromatic ring is 2. The van der Waals surface area contributed by atoms with Crippen molar-refractivity contribution in [3.05, 3.63) is 23.8 Å². The van der Waals surface area contributed by atoms with Crippen LogP contribution >= 0.6 is 0 Å². The smallest absolute Gasteiger partial charge is 0.224 e. The van der Waals surface area contributed by atoms with Gasteiger partial charge in [0.05, 0.1) is 31.6 Å². The topological polar surface area (TPSA) is 166 Å². The minimum atomic E-state index is -3.26. The fraction of sp³-hybridized carbons (Fsp3) is 0.542. The third kappa shape index (κ3) is 5.64. The number of sulfonamides is 1. The number of ether oxygens (including phenoxy) is 2. The van der Waals surface area contributed by atoms with Crippen LogP contribution in [-0.2, 0) is 14.8 Å². The molecule has 2 aromatic heterocycles. The summed E-state index contributed by atoms with van der Waals surface area (Å²) in [6.45, 7) is 5.05. The number of benzene rings is 1. The molecule has 0 radical (unpaired) electrons. The molecule has 1 aromatic carbocycles. The molecule has 13 heteroatoms. The van der Waals surface area contributed by atoms with Gasteiger partial charge in [0.25, 0.3) is 0 Å². The van der Waals surface area contributed by atoms with Crippen molar-refractivity contribution in [1.82, 2.24) is 29.1 Å². The van der Waals surface area contributed by atoms with Crippen LogP contribution in [0.4, 0.5) is 11.8 Å². The zero-order valence-electron chi connectivity index (χ0n) is 21.0. The van der Waals surface area contributed by atoms with E-state index < -0.39 is 10.0 Å². The van der Waals surface area contributed by atoms with Crippen LogP contribution in [0, 0.1) is 0 Å². The number of piperidine rings is 1. The number of hydrogen-bond acceptors (Lipinski definition) is 10. The molecule has 2 saturated heterocycles. The molecule has 0 atom stereocenters. The summed E-state index contributed by atoms with van der Waals surface area (Å²) < 4.78 is 38.5. The highest BCUT2D eigenvalue weighted by Gasteiger charge is 2.29. The van der Waals surface area contributed by atoms with Crippen LogP contribution in [0.25, 0.3) is 22.6 Å². The highest BCUT2D eigenvalue weighted by molar-refractivity contribution is 7.89. The normalized spacial score (nSPS) is 18.4. The number of H-pyrrole nitrogens is 1. The van der Waals surface area contributed by atoms with Gasteiger partial charge >= 0.3 is 0 Å². The molecule has 0 bridgehead atoms. The number of rotatable bonds is 8. The molecule has 0 spiro atoms. The lowest BCUT2D eigenvalue weighted by atomic mass is 9.89. The first-order valence-corrected chi connectivity index (χ1v) is 14.2. The van der Waals surface area contributed by atoms with E-state index in [9.17, 15) is 8.42 Å². The van der Waals surface area contributed by atoms with Crippen LogP contribution in [0.2, 0.25) is 0 Å². The number of nitrogens with zero attached hydrogens (tertiary/aromatic N) is 5. The van der Waals surface area contributed by atoms with Crippen LogP contribution in [0.5, 0.6) is 5.75 Å². The molecule has 12 nitrogen and oxygen atoms in total. The van der Waals surface area contributed by atoms with Crippen LogP contribution < -0.4 is 16.2 Å². The third-order valence-electron chi connectivity index (χ3n) is 7.17. The molecule has 0 saturated carbocycles. The Hall–Kier alpha value is -3.00. The number of nitrogens with two attached hydrogens (primary N) is 2. The quantitative estimate of drug-likeness (QED) is 0.388. The first-order valence-electron chi connectivity index (χ1n) is 12.6. The number of aromatic amines is 1. The maximum absolute atomic E-state index is 12.9. The number of methoxy groups -OCH3 is 1. The third-order valence-corrected chi connectivity index (χ3v) is 9.12. The summed E-state index contributed by atoms with van der Waals surface area (Å²) in [5.41, 5.74) is 14.4. The Balaban J connectivity index is 1.22. The van der Waals surface area contributed by atoms with Crippen molar-refractivity contribution in [3.8, 4) is 17.1 Å². The summed E-state index contributed by atoms with van der Waals surface area (Å²) in [6, 6.07) is 6.00. The average molecular weight is 531 g/mol. The zero-order valence-corrected chi connectivity index (χ0v) is 21.8. The van der Waals surface area contributed by atoms with E-state index >= 15 is 0 Å². The molecular weight excluding hydrogens is 496 g/mol. The fourth-order valence-corrected chi connectivity index (χ4v) is 6.64. The van der Waals surface area contributed by atoms with Crippen molar-refractivity contribution >= 4 is 33.0 Å². The number of anilines is 2. The molecule has 5 N–H and O–H groups in total. The SMILES string of the molecule is COc1cc(C2CCN(S(=O)(=O)CCCN3CCOCC3)CC2)ccc1-c1nc2c(N)nc(N)nc2[nH]1. The molecule has 2 aliphatic heterocycles. The minimum absolute atomic E-state index is 0.0768. The van der Waals surface area contributed by atoms with Gasteiger partial charge in [-0.1, -0.05) is 6.07 Å². The molecule has 2 aliphatic rings. The van der Waals surface area contributed by atoms with E-state index in [2.05, 4.69) is 24.8 Å². The van der Waals surface area contributed by atoms with Gasteiger partial charge in [-0.05, 0) is 49.4 Å².